The van der Waals surface area contributed by atoms with Crippen LogP contribution >= 0.6 is 0 Å². The molecule has 2 rings (SSSR count). The summed E-state index contributed by atoms with van der Waals surface area (Å²) in [6, 6.07) is 13.9. The fourth-order valence-corrected chi connectivity index (χ4v) is 2.35. The largest absolute Gasteiger partial charge is 0.483 e. The Kier molecular flexibility index (Phi) is 6.13. The van der Waals surface area contributed by atoms with E-state index in [4.69, 9.17) is 4.74 Å². The Balaban J connectivity index is 1.91. The van der Waals surface area contributed by atoms with Gasteiger partial charge in [-0.3, -0.25) is 4.79 Å². The van der Waals surface area contributed by atoms with Crippen molar-refractivity contribution in [2.45, 2.75) is 33.6 Å². The molecule has 0 fully saturated rings. The summed E-state index contributed by atoms with van der Waals surface area (Å²) in [5.41, 5.74) is 6.78. The van der Waals surface area contributed by atoms with Crippen LogP contribution in [-0.4, -0.2) is 18.7 Å². The highest BCUT2D eigenvalue weighted by molar-refractivity contribution is 5.83. The van der Waals surface area contributed by atoms with E-state index in [9.17, 15) is 4.79 Å². The van der Waals surface area contributed by atoms with Gasteiger partial charge in [-0.15, -0.1) is 0 Å². The summed E-state index contributed by atoms with van der Waals surface area (Å²) in [5, 5.41) is 3.97. The van der Waals surface area contributed by atoms with Gasteiger partial charge in [-0.1, -0.05) is 55.8 Å². The van der Waals surface area contributed by atoms with Gasteiger partial charge in [0.1, 0.15) is 5.75 Å². The Bertz CT molecular complexity index is 736. The molecular weight excluding hydrogens is 300 g/mol. The van der Waals surface area contributed by atoms with Gasteiger partial charge in [0.2, 0.25) is 0 Å². The zero-order valence-electron chi connectivity index (χ0n) is 14.7. The molecule has 0 saturated carbocycles. The van der Waals surface area contributed by atoms with Crippen LogP contribution in [0.5, 0.6) is 5.75 Å². The first-order valence-electron chi connectivity index (χ1n) is 8.07. The summed E-state index contributed by atoms with van der Waals surface area (Å²) >= 11 is 0. The maximum atomic E-state index is 11.9. The van der Waals surface area contributed by atoms with Crippen LogP contribution in [0.1, 0.15) is 42.0 Å². The lowest BCUT2D eigenvalue weighted by Crippen LogP contribution is -2.25. The zero-order valence-corrected chi connectivity index (χ0v) is 14.7. The number of nitrogens with one attached hydrogen (secondary N) is 1. The van der Waals surface area contributed by atoms with Crippen molar-refractivity contribution >= 4 is 12.1 Å². The van der Waals surface area contributed by atoms with Crippen molar-refractivity contribution in [1.29, 1.82) is 0 Å². The Morgan fingerprint density at radius 3 is 2.62 bits per heavy atom. The van der Waals surface area contributed by atoms with Gasteiger partial charge in [0.15, 0.2) is 6.61 Å². The molecule has 0 aliphatic heterocycles. The molecule has 2 aromatic rings. The van der Waals surface area contributed by atoms with Crippen LogP contribution in [0.3, 0.4) is 0 Å². The molecule has 4 nitrogen and oxygen atoms in total. The van der Waals surface area contributed by atoms with Crippen molar-refractivity contribution in [3.63, 3.8) is 0 Å². The number of ether oxygens (including phenoxy) is 1. The molecule has 24 heavy (non-hydrogen) atoms. The van der Waals surface area contributed by atoms with E-state index in [1.165, 1.54) is 0 Å². The van der Waals surface area contributed by atoms with Crippen LogP contribution in [0.4, 0.5) is 0 Å². The van der Waals surface area contributed by atoms with Crippen LogP contribution in [0.25, 0.3) is 0 Å². The molecule has 4 heteroatoms. The fraction of sp³-hybridized carbons (Fsp3) is 0.300. The van der Waals surface area contributed by atoms with Gasteiger partial charge in [-0.05, 0) is 42.5 Å². The number of nitrogens with zero attached hydrogens (tertiary/aromatic N) is 1. The molecule has 1 amide bonds. The predicted octanol–water partition coefficient (Wildman–Crippen LogP) is 3.96. The van der Waals surface area contributed by atoms with Crippen molar-refractivity contribution in [2.24, 2.45) is 5.10 Å². The van der Waals surface area contributed by atoms with Gasteiger partial charge in [0.25, 0.3) is 5.91 Å². The molecule has 0 aliphatic carbocycles. The zero-order chi connectivity index (χ0) is 17.5. The summed E-state index contributed by atoms with van der Waals surface area (Å²) in [6.45, 7) is 8.16. The Labute approximate surface area is 143 Å². The van der Waals surface area contributed by atoms with Crippen LogP contribution in [0, 0.1) is 13.8 Å². The first kappa shape index (κ1) is 17.7. The standard InChI is InChI=1S/C20H24N2O2/c1-14(2)18-9-8-16(4)11-19(18)24-13-20(23)22-21-12-17-7-5-6-15(3)10-17/h5-12,14H,13H2,1-4H3,(H,22,23)/b21-12+. The van der Waals surface area contributed by atoms with E-state index >= 15 is 0 Å². The summed E-state index contributed by atoms with van der Waals surface area (Å²) < 4.78 is 5.68. The molecule has 2 aromatic carbocycles. The Hall–Kier alpha value is -2.62. The van der Waals surface area contributed by atoms with Gasteiger partial charge in [-0.2, -0.15) is 5.10 Å². The van der Waals surface area contributed by atoms with Crippen molar-refractivity contribution in [3.8, 4) is 5.75 Å². The van der Waals surface area contributed by atoms with Crippen molar-refractivity contribution in [1.82, 2.24) is 5.43 Å². The summed E-state index contributed by atoms with van der Waals surface area (Å²) in [7, 11) is 0. The SMILES string of the molecule is Cc1cccc(/C=N/NC(=O)COc2cc(C)ccc2C(C)C)c1. The summed E-state index contributed by atoms with van der Waals surface area (Å²) in [5.74, 6) is 0.806. The lowest BCUT2D eigenvalue weighted by atomic mass is 10.0. The van der Waals surface area contributed by atoms with Crippen LogP contribution in [-0.2, 0) is 4.79 Å². The maximum absolute atomic E-state index is 11.9. The molecule has 0 bridgehead atoms. The maximum Gasteiger partial charge on any atom is 0.277 e. The molecule has 0 unspecified atom stereocenters. The lowest BCUT2D eigenvalue weighted by molar-refractivity contribution is -0.123. The second kappa shape index (κ2) is 8.29. The second-order valence-corrected chi connectivity index (χ2v) is 6.19. The monoisotopic (exact) mass is 324 g/mol. The van der Waals surface area contributed by atoms with Crippen LogP contribution < -0.4 is 10.2 Å². The van der Waals surface area contributed by atoms with E-state index in [2.05, 4.69) is 30.4 Å². The third-order valence-electron chi connectivity index (χ3n) is 3.59. The highest BCUT2D eigenvalue weighted by Gasteiger charge is 2.09. The average molecular weight is 324 g/mol. The smallest absolute Gasteiger partial charge is 0.277 e. The Morgan fingerprint density at radius 1 is 1.17 bits per heavy atom. The first-order valence-corrected chi connectivity index (χ1v) is 8.07. The molecular formula is C20H24N2O2. The topological polar surface area (TPSA) is 50.7 Å². The first-order chi connectivity index (χ1) is 11.5. The number of hydrogen-bond donors (Lipinski definition) is 1. The highest BCUT2D eigenvalue weighted by Crippen LogP contribution is 2.27. The molecule has 0 heterocycles. The van der Waals surface area contributed by atoms with Crippen LogP contribution in [0.15, 0.2) is 47.6 Å². The molecule has 126 valence electrons. The molecule has 0 saturated heterocycles. The van der Waals surface area contributed by atoms with Gasteiger partial charge < -0.3 is 4.74 Å². The number of hydrazone groups is 1. The lowest BCUT2D eigenvalue weighted by Gasteiger charge is -2.14. The molecule has 0 aliphatic rings. The van der Waals surface area contributed by atoms with Gasteiger partial charge in [0, 0.05) is 0 Å². The fourth-order valence-electron chi connectivity index (χ4n) is 2.35. The molecule has 0 atom stereocenters. The number of hydrogen-bond acceptors (Lipinski definition) is 3. The highest BCUT2D eigenvalue weighted by atomic mass is 16.5. The normalized spacial score (nSPS) is 11.0. The third-order valence-corrected chi connectivity index (χ3v) is 3.59. The molecule has 0 aromatic heterocycles. The van der Waals surface area contributed by atoms with E-state index < -0.39 is 0 Å². The van der Waals surface area contributed by atoms with Crippen molar-refractivity contribution in [3.05, 3.63) is 64.7 Å². The number of carbonyl (C=O) groups excluding carboxylic acids is 1. The van der Waals surface area contributed by atoms with E-state index in [1.807, 2.05) is 50.2 Å². The van der Waals surface area contributed by atoms with Gasteiger partial charge in [-0.25, -0.2) is 5.43 Å². The number of amides is 1. The van der Waals surface area contributed by atoms with Crippen molar-refractivity contribution < 1.29 is 9.53 Å². The number of rotatable bonds is 6. The van der Waals surface area contributed by atoms with E-state index in [0.717, 1.165) is 28.0 Å². The quantitative estimate of drug-likeness (QED) is 0.646. The average Bonchev–Trinajstić information content (AvgIpc) is 2.53. The minimum absolute atomic E-state index is 0.0612. The molecule has 1 N–H and O–H groups in total. The third kappa shape index (κ3) is 5.23. The molecule has 0 spiro atoms. The van der Waals surface area contributed by atoms with Gasteiger partial charge >= 0.3 is 0 Å². The van der Waals surface area contributed by atoms with Gasteiger partial charge in [0.05, 0.1) is 6.21 Å². The van der Waals surface area contributed by atoms with E-state index in [0.29, 0.717) is 5.92 Å². The van der Waals surface area contributed by atoms with E-state index in [-0.39, 0.29) is 12.5 Å². The molecule has 0 radical (unpaired) electrons. The summed E-state index contributed by atoms with van der Waals surface area (Å²) in [4.78, 5) is 11.9. The Morgan fingerprint density at radius 2 is 1.92 bits per heavy atom. The minimum atomic E-state index is -0.282. The van der Waals surface area contributed by atoms with Crippen molar-refractivity contribution in [2.75, 3.05) is 6.61 Å². The number of aryl methyl sites for hydroxylation is 2. The second-order valence-electron chi connectivity index (χ2n) is 6.19. The minimum Gasteiger partial charge on any atom is -0.483 e. The number of benzene rings is 2. The number of carbonyl (C=O) groups is 1. The van der Waals surface area contributed by atoms with Crippen LogP contribution in [0.2, 0.25) is 0 Å². The van der Waals surface area contributed by atoms with E-state index in [1.54, 1.807) is 6.21 Å². The predicted molar refractivity (Wildman–Crippen MR) is 97.7 cm³/mol. The summed E-state index contributed by atoms with van der Waals surface area (Å²) in [6.07, 6.45) is 1.62.